The zero-order valence-electron chi connectivity index (χ0n) is 13.3. The van der Waals surface area contributed by atoms with Crippen LogP contribution in [0.15, 0.2) is 54.6 Å². The summed E-state index contributed by atoms with van der Waals surface area (Å²) in [6.45, 7) is 1.60. The van der Waals surface area contributed by atoms with Gasteiger partial charge in [0.2, 0.25) is 5.91 Å². The molecule has 0 aliphatic carbocycles. The summed E-state index contributed by atoms with van der Waals surface area (Å²) in [5.41, 5.74) is 2.25. The molecule has 1 fully saturated rings. The van der Waals surface area contributed by atoms with Crippen LogP contribution >= 0.6 is 11.8 Å². The quantitative estimate of drug-likeness (QED) is 0.860. The molecule has 3 nitrogen and oxygen atoms in total. The molecule has 1 unspecified atom stereocenters. The lowest BCUT2D eigenvalue weighted by atomic mass is 10.1. The Kier molecular flexibility index (Phi) is 5.23. The first kappa shape index (κ1) is 15.9. The van der Waals surface area contributed by atoms with Crippen molar-refractivity contribution in [1.29, 1.82) is 0 Å². The zero-order valence-corrected chi connectivity index (χ0v) is 14.1. The topological polar surface area (TPSA) is 29.5 Å². The van der Waals surface area contributed by atoms with E-state index in [1.165, 1.54) is 5.56 Å². The molecule has 1 aliphatic rings. The summed E-state index contributed by atoms with van der Waals surface area (Å²) in [7, 11) is 1.65. The number of ether oxygens (including phenoxy) is 1. The van der Waals surface area contributed by atoms with Gasteiger partial charge in [-0.25, -0.2) is 0 Å². The van der Waals surface area contributed by atoms with Crippen molar-refractivity contribution in [2.45, 2.75) is 11.7 Å². The highest BCUT2D eigenvalue weighted by Crippen LogP contribution is 2.33. The molecule has 3 rings (SSSR count). The van der Waals surface area contributed by atoms with Gasteiger partial charge < -0.3 is 9.64 Å². The minimum Gasteiger partial charge on any atom is -0.496 e. The van der Waals surface area contributed by atoms with Gasteiger partial charge in [-0.3, -0.25) is 4.79 Å². The number of hydrogen-bond acceptors (Lipinski definition) is 3. The number of carbonyl (C=O) groups is 1. The average Bonchev–Trinajstić information content (AvgIpc) is 2.63. The third-order valence-electron chi connectivity index (χ3n) is 4.12. The largest absolute Gasteiger partial charge is 0.496 e. The Bertz CT molecular complexity index is 659. The fraction of sp³-hybridized carbons (Fsp3) is 0.316. The minimum absolute atomic E-state index is 0.177. The molecule has 1 amide bonds. The van der Waals surface area contributed by atoms with Crippen LogP contribution in [0, 0.1) is 0 Å². The average molecular weight is 327 g/mol. The van der Waals surface area contributed by atoms with Crippen LogP contribution in [0.1, 0.15) is 16.4 Å². The number of methoxy groups -OCH3 is 1. The van der Waals surface area contributed by atoms with Gasteiger partial charge in [0.25, 0.3) is 0 Å². The molecule has 2 aromatic carbocycles. The summed E-state index contributed by atoms with van der Waals surface area (Å²) in [4.78, 5) is 14.7. The Morgan fingerprint density at radius 2 is 1.91 bits per heavy atom. The second-order valence-corrected chi connectivity index (χ2v) is 6.91. The van der Waals surface area contributed by atoms with Crippen molar-refractivity contribution in [3.63, 3.8) is 0 Å². The Morgan fingerprint density at radius 1 is 1.17 bits per heavy atom. The van der Waals surface area contributed by atoms with Gasteiger partial charge in [-0.05, 0) is 11.6 Å². The summed E-state index contributed by atoms with van der Waals surface area (Å²) >= 11 is 1.93. The predicted octanol–water partition coefficient (Wildman–Crippen LogP) is 3.55. The highest BCUT2D eigenvalue weighted by Gasteiger charge is 2.25. The Hall–Kier alpha value is -1.94. The second kappa shape index (κ2) is 7.55. The molecule has 120 valence electrons. The second-order valence-electron chi connectivity index (χ2n) is 5.60. The molecule has 0 aromatic heterocycles. The van der Waals surface area contributed by atoms with Crippen LogP contribution in [-0.2, 0) is 11.2 Å². The van der Waals surface area contributed by atoms with E-state index in [1.54, 1.807) is 7.11 Å². The van der Waals surface area contributed by atoms with Crippen LogP contribution in [-0.4, -0.2) is 36.8 Å². The van der Waals surface area contributed by atoms with Crippen molar-refractivity contribution in [3.05, 3.63) is 65.7 Å². The number of nitrogens with zero attached hydrogens (tertiary/aromatic N) is 1. The van der Waals surface area contributed by atoms with Crippen molar-refractivity contribution >= 4 is 17.7 Å². The first-order valence-corrected chi connectivity index (χ1v) is 8.89. The SMILES string of the molecule is COc1ccccc1CC(=O)N1CCSC(c2ccccc2)C1. The van der Waals surface area contributed by atoms with Gasteiger partial charge >= 0.3 is 0 Å². The third-order valence-corrected chi connectivity index (χ3v) is 5.37. The van der Waals surface area contributed by atoms with E-state index in [2.05, 4.69) is 24.3 Å². The molecule has 0 bridgehead atoms. The summed E-state index contributed by atoms with van der Waals surface area (Å²) in [5, 5.41) is 0.367. The Labute approximate surface area is 141 Å². The molecule has 0 saturated carbocycles. The van der Waals surface area contributed by atoms with Crippen LogP contribution in [0.4, 0.5) is 0 Å². The normalized spacial score (nSPS) is 17.8. The van der Waals surface area contributed by atoms with E-state index < -0.39 is 0 Å². The van der Waals surface area contributed by atoms with E-state index in [0.717, 1.165) is 30.2 Å². The first-order valence-electron chi connectivity index (χ1n) is 7.84. The number of benzene rings is 2. The van der Waals surface area contributed by atoms with Crippen LogP contribution < -0.4 is 4.74 Å². The van der Waals surface area contributed by atoms with E-state index in [1.807, 2.05) is 47.0 Å². The van der Waals surface area contributed by atoms with Gasteiger partial charge in [-0.1, -0.05) is 48.5 Å². The Balaban J connectivity index is 1.68. The smallest absolute Gasteiger partial charge is 0.227 e. The summed E-state index contributed by atoms with van der Waals surface area (Å²) in [6.07, 6.45) is 0.399. The molecule has 1 aliphatic heterocycles. The lowest BCUT2D eigenvalue weighted by Crippen LogP contribution is -2.40. The summed E-state index contributed by atoms with van der Waals surface area (Å²) in [5.74, 6) is 1.94. The first-order chi connectivity index (χ1) is 11.3. The fourth-order valence-corrected chi connectivity index (χ4v) is 4.11. The lowest BCUT2D eigenvalue weighted by Gasteiger charge is -2.33. The molecule has 4 heteroatoms. The van der Waals surface area contributed by atoms with E-state index in [0.29, 0.717) is 11.7 Å². The van der Waals surface area contributed by atoms with E-state index in [9.17, 15) is 4.79 Å². The molecule has 0 radical (unpaired) electrons. The van der Waals surface area contributed by atoms with Gasteiger partial charge in [-0.15, -0.1) is 0 Å². The van der Waals surface area contributed by atoms with Gasteiger partial charge in [0.05, 0.1) is 13.5 Å². The monoisotopic (exact) mass is 327 g/mol. The van der Waals surface area contributed by atoms with Crippen LogP contribution in [0.25, 0.3) is 0 Å². The predicted molar refractivity (Wildman–Crippen MR) is 94.9 cm³/mol. The third kappa shape index (κ3) is 3.88. The number of carbonyl (C=O) groups excluding carboxylic acids is 1. The molecular formula is C19H21NO2S. The van der Waals surface area contributed by atoms with Crippen molar-refractivity contribution in [3.8, 4) is 5.75 Å². The van der Waals surface area contributed by atoms with Crippen LogP contribution in [0.5, 0.6) is 5.75 Å². The number of hydrogen-bond donors (Lipinski definition) is 0. The van der Waals surface area contributed by atoms with Crippen molar-refractivity contribution in [2.75, 3.05) is 26.0 Å². The lowest BCUT2D eigenvalue weighted by molar-refractivity contribution is -0.130. The molecule has 1 heterocycles. The molecule has 2 aromatic rings. The summed E-state index contributed by atoms with van der Waals surface area (Å²) < 4.78 is 5.35. The van der Waals surface area contributed by atoms with Gasteiger partial charge in [0.1, 0.15) is 5.75 Å². The van der Waals surface area contributed by atoms with E-state index >= 15 is 0 Å². The maximum Gasteiger partial charge on any atom is 0.227 e. The fourth-order valence-electron chi connectivity index (χ4n) is 2.87. The molecule has 0 N–H and O–H groups in total. The highest BCUT2D eigenvalue weighted by molar-refractivity contribution is 7.99. The number of para-hydroxylation sites is 1. The molecule has 1 atom stereocenters. The number of thioether (sulfide) groups is 1. The number of amides is 1. The standard InChI is InChI=1S/C19H21NO2S/c1-22-17-10-6-5-9-16(17)13-19(21)20-11-12-23-18(14-20)15-7-3-2-4-8-15/h2-10,18H,11-14H2,1H3. The molecule has 1 saturated heterocycles. The number of rotatable bonds is 4. The van der Waals surface area contributed by atoms with Gasteiger partial charge in [0, 0.05) is 29.7 Å². The molecule has 0 spiro atoms. The maximum absolute atomic E-state index is 12.7. The van der Waals surface area contributed by atoms with Crippen molar-refractivity contribution in [1.82, 2.24) is 4.90 Å². The molecular weight excluding hydrogens is 306 g/mol. The van der Waals surface area contributed by atoms with Crippen LogP contribution in [0.3, 0.4) is 0 Å². The summed E-state index contributed by atoms with van der Waals surface area (Å²) in [6, 6.07) is 18.2. The van der Waals surface area contributed by atoms with Crippen molar-refractivity contribution < 1.29 is 9.53 Å². The van der Waals surface area contributed by atoms with Gasteiger partial charge in [-0.2, -0.15) is 11.8 Å². The minimum atomic E-state index is 0.177. The van der Waals surface area contributed by atoms with E-state index in [-0.39, 0.29) is 5.91 Å². The van der Waals surface area contributed by atoms with Crippen LogP contribution in [0.2, 0.25) is 0 Å². The van der Waals surface area contributed by atoms with Gasteiger partial charge in [0.15, 0.2) is 0 Å². The Morgan fingerprint density at radius 3 is 2.70 bits per heavy atom. The molecule has 23 heavy (non-hydrogen) atoms. The van der Waals surface area contributed by atoms with Crippen molar-refractivity contribution in [2.24, 2.45) is 0 Å². The zero-order chi connectivity index (χ0) is 16.1. The maximum atomic E-state index is 12.7. The van der Waals surface area contributed by atoms with E-state index in [4.69, 9.17) is 4.74 Å². The highest BCUT2D eigenvalue weighted by atomic mass is 32.2.